The first kappa shape index (κ1) is 14.4. The number of hydrogen-bond donors (Lipinski definition) is 1. The molecule has 0 aliphatic heterocycles. The first-order chi connectivity index (χ1) is 9.08. The SMILES string of the molecule is CN(Cc1cccc(F)c1F)CC1CCCCC1O. The van der Waals surface area contributed by atoms with Crippen molar-refractivity contribution in [2.75, 3.05) is 13.6 Å². The summed E-state index contributed by atoms with van der Waals surface area (Å²) in [6, 6.07) is 4.26. The van der Waals surface area contributed by atoms with E-state index in [1.807, 2.05) is 11.9 Å². The van der Waals surface area contributed by atoms with Crippen molar-refractivity contribution in [3.8, 4) is 0 Å². The fourth-order valence-corrected chi connectivity index (χ4v) is 2.83. The number of nitrogens with zero attached hydrogens (tertiary/aromatic N) is 1. The summed E-state index contributed by atoms with van der Waals surface area (Å²) < 4.78 is 26.7. The van der Waals surface area contributed by atoms with E-state index in [1.54, 1.807) is 6.07 Å². The maximum atomic E-state index is 13.6. The van der Waals surface area contributed by atoms with Crippen LogP contribution in [0.3, 0.4) is 0 Å². The van der Waals surface area contributed by atoms with Crippen molar-refractivity contribution in [1.82, 2.24) is 4.90 Å². The number of halogens is 2. The van der Waals surface area contributed by atoms with Crippen LogP contribution in [0.1, 0.15) is 31.2 Å². The summed E-state index contributed by atoms with van der Waals surface area (Å²) in [6.45, 7) is 1.09. The minimum atomic E-state index is -0.802. The first-order valence-corrected chi connectivity index (χ1v) is 6.87. The third kappa shape index (κ3) is 3.74. The van der Waals surface area contributed by atoms with Crippen molar-refractivity contribution in [1.29, 1.82) is 0 Å². The summed E-state index contributed by atoms with van der Waals surface area (Å²) in [4.78, 5) is 1.96. The zero-order chi connectivity index (χ0) is 13.8. The van der Waals surface area contributed by atoms with E-state index in [-0.39, 0.29) is 12.0 Å². The maximum absolute atomic E-state index is 13.6. The van der Waals surface area contributed by atoms with E-state index in [0.717, 1.165) is 38.3 Å². The lowest BCUT2D eigenvalue weighted by Crippen LogP contribution is -2.34. The maximum Gasteiger partial charge on any atom is 0.163 e. The predicted molar refractivity (Wildman–Crippen MR) is 70.7 cm³/mol. The van der Waals surface area contributed by atoms with E-state index in [2.05, 4.69) is 0 Å². The third-order valence-corrected chi connectivity index (χ3v) is 3.89. The molecule has 2 atom stereocenters. The van der Waals surface area contributed by atoms with Crippen molar-refractivity contribution >= 4 is 0 Å². The highest BCUT2D eigenvalue weighted by atomic mass is 19.2. The summed E-state index contributed by atoms with van der Waals surface area (Å²) in [7, 11) is 1.88. The Balaban J connectivity index is 1.93. The molecule has 1 aliphatic carbocycles. The fourth-order valence-electron chi connectivity index (χ4n) is 2.83. The van der Waals surface area contributed by atoms with E-state index in [0.29, 0.717) is 12.1 Å². The van der Waals surface area contributed by atoms with Gasteiger partial charge in [0, 0.05) is 18.7 Å². The molecule has 1 aliphatic rings. The van der Waals surface area contributed by atoms with Gasteiger partial charge in [0.15, 0.2) is 11.6 Å². The number of aliphatic hydroxyl groups is 1. The Morgan fingerprint density at radius 1 is 1.26 bits per heavy atom. The normalized spacial score (nSPS) is 23.8. The van der Waals surface area contributed by atoms with E-state index in [1.165, 1.54) is 6.07 Å². The summed E-state index contributed by atoms with van der Waals surface area (Å²) in [6.07, 6.45) is 3.84. The van der Waals surface area contributed by atoms with Crippen LogP contribution in [0.4, 0.5) is 8.78 Å². The van der Waals surface area contributed by atoms with Gasteiger partial charge < -0.3 is 10.0 Å². The van der Waals surface area contributed by atoms with Crippen LogP contribution in [-0.4, -0.2) is 29.7 Å². The molecular weight excluding hydrogens is 248 g/mol. The van der Waals surface area contributed by atoms with Gasteiger partial charge in [-0.3, -0.25) is 0 Å². The average Bonchev–Trinajstić information content (AvgIpc) is 2.38. The third-order valence-electron chi connectivity index (χ3n) is 3.89. The van der Waals surface area contributed by atoms with Gasteiger partial charge in [-0.15, -0.1) is 0 Å². The molecule has 0 spiro atoms. The number of rotatable bonds is 4. The molecule has 2 unspecified atom stereocenters. The summed E-state index contributed by atoms with van der Waals surface area (Å²) in [5, 5.41) is 9.92. The molecular formula is C15H21F2NO. The molecule has 1 N–H and O–H groups in total. The molecule has 2 rings (SSSR count). The lowest BCUT2D eigenvalue weighted by Gasteiger charge is -2.31. The van der Waals surface area contributed by atoms with Crippen LogP contribution in [0.2, 0.25) is 0 Å². The van der Waals surface area contributed by atoms with Crippen LogP contribution >= 0.6 is 0 Å². The van der Waals surface area contributed by atoms with Crippen LogP contribution in [-0.2, 0) is 6.54 Å². The Morgan fingerprint density at radius 2 is 2.00 bits per heavy atom. The molecule has 4 heteroatoms. The summed E-state index contributed by atoms with van der Waals surface area (Å²) in [5.41, 5.74) is 0.368. The quantitative estimate of drug-likeness (QED) is 0.908. The molecule has 0 aromatic heterocycles. The Morgan fingerprint density at radius 3 is 2.74 bits per heavy atom. The van der Waals surface area contributed by atoms with Crippen LogP contribution in [0, 0.1) is 17.6 Å². The van der Waals surface area contributed by atoms with Crippen molar-refractivity contribution in [3.05, 3.63) is 35.4 Å². The summed E-state index contributed by atoms with van der Waals surface area (Å²) >= 11 is 0. The van der Waals surface area contributed by atoms with Gasteiger partial charge in [-0.25, -0.2) is 8.78 Å². The van der Waals surface area contributed by atoms with Crippen molar-refractivity contribution in [3.63, 3.8) is 0 Å². The Labute approximate surface area is 113 Å². The van der Waals surface area contributed by atoms with E-state index < -0.39 is 11.6 Å². The van der Waals surface area contributed by atoms with Crippen molar-refractivity contribution in [2.45, 2.75) is 38.3 Å². The lowest BCUT2D eigenvalue weighted by atomic mass is 9.86. The molecule has 0 bridgehead atoms. The standard InChI is InChI=1S/C15H21F2NO/c1-18(9-11-5-2-3-8-14(11)19)10-12-6-4-7-13(16)15(12)17/h4,6-7,11,14,19H,2-3,5,8-10H2,1H3. The average molecular weight is 269 g/mol. The van der Waals surface area contributed by atoms with Crippen LogP contribution in [0.25, 0.3) is 0 Å². The number of benzene rings is 1. The number of hydrogen-bond acceptors (Lipinski definition) is 2. The fraction of sp³-hybridized carbons (Fsp3) is 0.600. The predicted octanol–water partition coefficient (Wildman–Crippen LogP) is 2.95. The molecule has 19 heavy (non-hydrogen) atoms. The molecule has 1 saturated carbocycles. The van der Waals surface area contributed by atoms with Gasteiger partial charge in [-0.05, 0) is 31.9 Å². The van der Waals surface area contributed by atoms with Crippen LogP contribution in [0.5, 0.6) is 0 Å². The van der Waals surface area contributed by atoms with E-state index in [9.17, 15) is 13.9 Å². The monoisotopic (exact) mass is 269 g/mol. The van der Waals surface area contributed by atoms with Crippen molar-refractivity contribution in [2.24, 2.45) is 5.92 Å². The zero-order valence-corrected chi connectivity index (χ0v) is 11.3. The van der Waals surface area contributed by atoms with Gasteiger partial charge in [0.2, 0.25) is 0 Å². The molecule has 0 radical (unpaired) electrons. The largest absolute Gasteiger partial charge is 0.393 e. The first-order valence-electron chi connectivity index (χ1n) is 6.87. The van der Waals surface area contributed by atoms with E-state index in [4.69, 9.17) is 0 Å². The topological polar surface area (TPSA) is 23.5 Å². The minimum absolute atomic E-state index is 0.246. The molecule has 0 saturated heterocycles. The molecule has 1 aromatic carbocycles. The molecule has 2 nitrogen and oxygen atoms in total. The molecule has 0 heterocycles. The Bertz CT molecular complexity index is 425. The highest BCUT2D eigenvalue weighted by Gasteiger charge is 2.24. The van der Waals surface area contributed by atoms with Gasteiger partial charge in [0.1, 0.15) is 0 Å². The van der Waals surface area contributed by atoms with Gasteiger partial charge in [-0.2, -0.15) is 0 Å². The van der Waals surface area contributed by atoms with E-state index >= 15 is 0 Å². The van der Waals surface area contributed by atoms with Crippen LogP contribution < -0.4 is 0 Å². The highest BCUT2D eigenvalue weighted by molar-refractivity contribution is 5.18. The van der Waals surface area contributed by atoms with Gasteiger partial charge >= 0.3 is 0 Å². The molecule has 1 fully saturated rings. The molecule has 0 amide bonds. The zero-order valence-electron chi connectivity index (χ0n) is 11.3. The number of aliphatic hydroxyl groups excluding tert-OH is 1. The second kappa shape index (κ2) is 6.44. The molecule has 106 valence electrons. The second-order valence-electron chi connectivity index (χ2n) is 5.52. The second-order valence-corrected chi connectivity index (χ2v) is 5.52. The van der Waals surface area contributed by atoms with Gasteiger partial charge in [-0.1, -0.05) is 25.0 Å². The Kier molecular flexibility index (Phi) is 4.88. The Hall–Kier alpha value is -1.00. The smallest absolute Gasteiger partial charge is 0.163 e. The highest BCUT2D eigenvalue weighted by Crippen LogP contribution is 2.25. The minimum Gasteiger partial charge on any atom is -0.393 e. The van der Waals surface area contributed by atoms with Crippen molar-refractivity contribution < 1.29 is 13.9 Å². The van der Waals surface area contributed by atoms with Gasteiger partial charge in [0.25, 0.3) is 0 Å². The summed E-state index contributed by atoms with van der Waals surface area (Å²) in [5.74, 6) is -1.32. The molecule has 1 aromatic rings. The lowest BCUT2D eigenvalue weighted by molar-refractivity contribution is 0.0500. The van der Waals surface area contributed by atoms with Gasteiger partial charge in [0.05, 0.1) is 6.10 Å². The van der Waals surface area contributed by atoms with Crippen LogP contribution in [0.15, 0.2) is 18.2 Å².